The summed E-state index contributed by atoms with van der Waals surface area (Å²) >= 11 is 5.98. The highest BCUT2D eigenvalue weighted by molar-refractivity contribution is 6.30. The third-order valence-electron chi connectivity index (χ3n) is 3.72. The Bertz CT molecular complexity index is 551. The molecular formula is C13H17ClN4. The Hall–Kier alpha value is -1.13. The molecule has 1 saturated heterocycles. The van der Waals surface area contributed by atoms with E-state index in [1.165, 1.54) is 12.8 Å². The van der Waals surface area contributed by atoms with Crippen LogP contribution in [0.15, 0.2) is 18.3 Å². The van der Waals surface area contributed by atoms with E-state index in [0.29, 0.717) is 11.1 Å². The lowest BCUT2D eigenvalue weighted by molar-refractivity contribution is 0.149. The first kappa shape index (κ1) is 11.9. The van der Waals surface area contributed by atoms with Crippen molar-refractivity contribution in [1.82, 2.24) is 19.5 Å². The molecule has 0 amide bonds. The van der Waals surface area contributed by atoms with Gasteiger partial charge in [0.05, 0.1) is 6.04 Å². The van der Waals surface area contributed by atoms with Crippen molar-refractivity contribution in [3.63, 3.8) is 0 Å². The number of hydrogen-bond acceptors (Lipinski definition) is 3. The highest BCUT2D eigenvalue weighted by Gasteiger charge is 2.26. The molecule has 5 heteroatoms. The number of nitrogens with zero attached hydrogens (tertiary/aromatic N) is 4. The molecule has 18 heavy (non-hydrogen) atoms. The standard InChI is InChI=1S/C13H17ClN4/c1-2-17-7-4-3-5-11(17)13-16-15-12-9-10(14)6-8-18(12)13/h6,8-9,11H,2-5,7H2,1H3. The van der Waals surface area contributed by atoms with Crippen LogP contribution in [0.25, 0.3) is 5.65 Å². The number of likely N-dealkylation sites (tertiary alicyclic amines) is 1. The first-order chi connectivity index (χ1) is 8.79. The molecular weight excluding hydrogens is 248 g/mol. The van der Waals surface area contributed by atoms with Crippen molar-refractivity contribution in [1.29, 1.82) is 0 Å². The lowest BCUT2D eigenvalue weighted by Crippen LogP contribution is -2.34. The Morgan fingerprint density at radius 3 is 3.11 bits per heavy atom. The summed E-state index contributed by atoms with van der Waals surface area (Å²) in [6, 6.07) is 4.14. The van der Waals surface area contributed by atoms with E-state index < -0.39 is 0 Å². The summed E-state index contributed by atoms with van der Waals surface area (Å²) in [6.07, 6.45) is 5.68. The molecule has 1 aliphatic heterocycles. The van der Waals surface area contributed by atoms with E-state index in [-0.39, 0.29) is 0 Å². The van der Waals surface area contributed by atoms with Crippen LogP contribution in [0.3, 0.4) is 0 Å². The van der Waals surface area contributed by atoms with E-state index in [0.717, 1.165) is 31.0 Å². The van der Waals surface area contributed by atoms with Gasteiger partial charge in [0.15, 0.2) is 11.5 Å². The van der Waals surface area contributed by atoms with E-state index in [1.54, 1.807) is 0 Å². The van der Waals surface area contributed by atoms with Crippen LogP contribution in [-0.4, -0.2) is 32.6 Å². The second-order valence-corrected chi connectivity index (χ2v) is 5.21. The fraction of sp³-hybridized carbons (Fsp3) is 0.538. The van der Waals surface area contributed by atoms with Crippen LogP contribution in [-0.2, 0) is 0 Å². The highest BCUT2D eigenvalue weighted by atomic mass is 35.5. The van der Waals surface area contributed by atoms with Crippen molar-refractivity contribution < 1.29 is 0 Å². The molecule has 2 aromatic heterocycles. The second kappa shape index (κ2) is 4.86. The Morgan fingerprint density at radius 1 is 1.39 bits per heavy atom. The zero-order valence-electron chi connectivity index (χ0n) is 10.5. The predicted octanol–water partition coefficient (Wildman–Crippen LogP) is 2.93. The molecule has 1 atom stereocenters. The van der Waals surface area contributed by atoms with Crippen molar-refractivity contribution in [3.05, 3.63) is 29.2 Å². The summed E-state index contributed by atoms with van der Waals surface area (Å²) in [7, 11) is 0. The van der Waals surface area contributed by atoms with E-state index in [4.69, 9.17) is 11.6 Å². The van der Waals surface area contributed by atoms with Crippen LogP contribution in [0.2, 0.25) is 5.02 Å². The molecule has 1 aliphatic rings. The van der Waals surface area contributed by atoms with E-state index >= 15 is 0 Å². The van der Waals surface area contributed by atoms with Crippen LogP contribution in [0.1, 0.15) is 38.1 Å². The molecule has 4 nitrogen and oxygen atoms in total. The summed E-state index contributed by atoms with van der Waals surface area (Å²) in [5, 5.41) is 9.30. The number of piperidine rings is 1. The molecule has 0 spiro atoms. The molecule has 96 valence electrons. The van der Waals surface area contributed by atoms with E-state index in [2.05, 4.69) is 26.4 Å². The normalized spacial score (nSPS) is 21.6. The third kappa shape index (κ3) is 1.99. The van der Waals surface area contributed by atoms with Crippen LogP contribution in [0.4, 0.5) is 0 Å². The first-order valence-corrected chi connectivity index (χ1v) is 6.91. The number of pyridine rings is 1. The maximum Gasteiger partial charge on any atom is 0.162 e. The highest BCUT2D eigenvalue weighted by Crippen LogP contribution is 2.29. The quantitative estimate of drug-likeness (QED) is 0.836. The van der Waals surface area contributed by atoms with Gasteiger partial charge in [-0.15, -0.1) is 10.2 Å². The van der Waals surface area contributed by atoms with Crippen molar-refractivity contribution >= 4 is 17.2 Å². The topological polar surface area (TPSA) is 33.4 Å². The van der Waals surface area contributed by atoms with Gasteiger partial charge in [0.25, 0.3) is 0 Å². The summed E-state index contributed by atoms with van der Waals surface area (Å²) in [6.45, 7) is 4.43. The maximum absolute atomic E-state index is 5.98. The number of hydrogen-bond donors (Lipinski definition) is 0. The van der Waals surface area contributed by atoms with Gasteiger partial charge in [0.1, 0.15) is 0 Å². The number of aromatic nitrogens is 3. The van der Waals surface area contributed by atoms with Crippen LogP contribution in [0, 0.1) is 0 Å². The lowest BCUT2D eigenvalue weighted by atomic mass is 10.0. The van der Waals surface area contributed by atoms with Gasteiger partial charge in [-0.3, -0.25) is 9.30 Å². The van der Waals surface area contributed by atoms with Crippen LogP contribution in [0.5, 0.6) is 0 Å². The van der Waals surface area contributed by atoms with E-state index in [9.17, 15) is 0 Å². The molecule has 1 fully saturated rings. The van der Waals surface area contributed by atoms with Gasteiger partial charge >= 0.3 is 0 Å². The van der Waals surface area contributed by atoms with Gasteiger partial charge in [-0.2, -0.15) is 0 Å². The van der Waals surface area contributed by atoms with Gasteiger partial charge in [-0.1, -0.05) is 24.9 Å². The first-order valence-electron chi connectivity index (χ1n) is 6.54. The fourth-order valence-corrected chi connectivity index (χ4v) is 2.93. The molecule has 0 aromatic carbocycles. The zero-order chi connectivity index (χ0) is 12.5. The average Bonchev–Trinajstić information content (AvgIpc) is 2.81. The summed E-state index contributed by atoms with van der Waals surface area (Å²) in [5.74, 6) is 1.04. The minimum Gasteiger partial charge on any atom is -0.294 e. The predicted molar refractivity (Wildman–Crippen MR) is 71.8 cm³/mol. The minimum atomic E-state index is 0.389. The Labute approximate surface area is 112 Å². The van der Waals surface area contributed by atoms with Crippen molar-refractivity contribution in [2.24, 2.45) is 0 Å². The second-order valence-electron chi connectivity index (χ2n) is 4.77. The Balaban J connectivity index is 2.02. The molecule has 3 heterocycles. The molecule has 0 N–H and O–H groups in total. The smallest absolute Gasteiger partial charge is 0.162 e. The van der Waals surface area contributed by atoms with Gasteiger partial charge in [0, 0.05) is 17.3 Å². The minimum absolute atomic E-state index is 0.389. The van der Waals surface area contributed by atoms with Crippen molar-refractivity contribution in [2.45, 2.75) is 32.2 Å². The maximum atomic E-state index is 5.98. The molecule has 0 aliphatic carbocycles. The lowest BCUT2D eigenvalue weighted by Gasteiger charge is -2.33. The van der Waals surface area contributed by atoms with Gasteiger partial charge in [-0.05, 0) is 32.0 Å². The van der Waals surface area contributed by atoms with Crippen molar-refractivity contribution in [3.8, 4) is 0 Å². The summed E-state index contributed by atoms with van der Waals surface area (Å²) < 4.78 is 2.06. The van der Waals surface area contributed by atoms with E-state index in [1.807, 2.05) is 18.3 Å². The fourth-order valence-electron chi connectivity index (χ4n) is 2.77. The average molecular weight is 265 g/mol. The molecule has 0 radical (unpaired) electrons. The summed E-state index contributed by atoms with van der Waals surface area (Å²) in [4.78, 5) is 2.48. The van der Waals surface area contributed by atoms with Crippen molar-refractivity contribution in [2.75, 3.05) is 13.1 Å². The molecule has 2 aromatic rings. The van der Waals surface area contributed by atoms with Crippen LogP contribution < -0.4 is 0 Å². The molecule has 3 rings (SSSR count). The molecule has 0 bridgehead atoms. The van der Waals surface area contributed by atoms with Gasteiger partial charge in [0.2, 0.25) is 0 Å². The van der Waals surface area contributed by atoms with Crippen LogP contribution >= 0.6 is 11.6 Å². The monoisotopic (exact) mass is 264 g/mol. The molecule has 1 unspecified atom stereocenters. The largest absolute Gasteiger partial charge is 0.294 e. The number of rotatable bonds is 2. The SMILES string of the molecule is CCN1CCCCC1c1nnc2cc(Cl)ccn12. The number of fused-ring (bicyclic) bond motifs is 1. The summed E-state index contributed by atoms with van der Waals surface area (Å²) in [5.41, 5.74) is 0.833. The van der Waals surface area contributed by atoms with Gasteiger partial charge in [-0.25, -0.2) is 0 Å². The number of halogens is 1. The Kier molecular flexibility index (Phi) is 3.22. The zero-order valence-corrected chi connectivity index (χ0v) is 11.3. The van der Waals surface area contributed by atoms with Gasteiger partial charge < -0.3 is 0 Å². The third-order valence-corrected chi connectivity index (χ3v) is 3.95. The molecule has 0 saturated carbocycles. The Morgan fingerprint density at radius 2 is 2.28 bits per heavy atom.